The van der Waals surface area contributed by atoms with E-state index >= 15 is 0 Å². The molecule has 1 N–H and O–H groups in total. The lowest BCUT2D eigenvalue weighted by Crippen LogP contribution is -2.62. The summed E-state index contributed by atoms with van der Waals surface area (Å²) < 4.78 is 0. The number of hydrogen-bond acceptors (Lipinski definition) is 15. The number of carbonyl (C=O) groups excluding carboxylic acids is 6. The van der Waals surface area contributed by atoms with Crippen LogP contribution in [0.1, 0.15) is 122 Å². The van der Waals surface area contributed by atoms with E-state index in [9.17, 15) is 38.7 Å². The maximum absolute atomic E-state index is 13.6. The first kappa shape index (κ1) is 44.1. The van der Waals surface area contributed by atoms with Gasteiger partial charge >= 0.3 is 23.9 Å². The Kier molecular flexibility index (Phi) is 13.2. The highest BCUT2D eigenvalue weighted by Crippen LogP contribution is 2.39. The lowest BCUT2D eigenvalue weighted by atomic mass is 9.81. The van der Waals surface area contributed by atoms with Crippen LogP contribution in [0.15, 0.2) is 0 Å². The quantitative estimate of drug-likeness (QED) is 0.273. The highest BCUT2D eigenvalue weighted by atomic mass is 16.7. The molecule has 0 aromatic heterocycles. The lowest BCUT2D eigenvalue weighted by molar-refractivity contribution is -0.264. The van der Waals surface area contributed by atoms with Crippen LogP contribution in [0.2, 0.25) is 0 Å². The van der Waals surface area contributed by atoms with Gasteiger partial charge in [0.25, 0.3) is 0 Å². The van der Waals surface area contributed by atoms with Gasteiger partial charge in [-0.2, -0.15) is 0 Å². The van der Waals surface area contributed by atoms with E-state index in [2.05, 4.69) is 0 Å². The van der Waals surface area contributed by atoms with Crippen LogP contribution in [-0.4, -0.2) is 144 Å². The molecule has 3 heterocycles. The van der Waals surface area contributed by atoms with Gasteiger partial charge in [0.15, 0.2) is 0 Å². The number of carboxylic acid groups (broad SMARTS) is 1. The average molecular weight is 752 g/mol. The summed E-state index contributed by atoms with van der Waals surface area (Å²) in [6.45, 7) is 19.6. The fourth-order valence-electron chi connectivity index (χ4n) is 8.55. The van der Waals surface area contributed by atoms with Crippen LogP contribution < -0.4 is 0 Å². The third-order valence-corrected chi connectivity index (χ3v) is 9.81. The van der Waals surface area contributed by atoms with Crippen LogP contribution >= 0.6 is 0 Å². The molecule has 0 amide bonds. The zero-order valence-corrected chi connectivity index (χ0v) is 33.8. The van der Waals surface area contributed by atoms with Gasteiger partial charge in [-0.15, -0.1) is 15.2 Å². The molecule has 0 spiro atoms. The maximum Gasteiger partial charge on any atom is 0.339 e. The zero-order valence-electron chi connectivity index (χ0n) is 33.8. The summed E-state index contributed by atoms with van der Waals surface area (Å²) in [5.41, 5.74) is -4.79. The summed E-state index contributed by atoms with van der Waals surface area (Å²) in [6.07, 6.45) is 1.04. The van der Waals surface area contributed by atoms with Crippen molar-refractivity contribution in [3.8, 4) is 0 Å². The molecule has 16 heteroatoms. The van der Waals surface area contributed by atoms with Gasteiger partial charge in [0.1, 0.15) is 17.3 Å². The van der Waals surface area contributed by atoms with Gasteiger partial charge in [-0.05, 0) is 83.1 Å². The van der Waals surface area contributed by atoms with Crippen LogP contribution in [0, 0.1) is 0 Å². The number of carboxylic acids is 1. The molecule has 0 radical (unpaired) electrons. The van der Waals surface area contributed by atoms with E-state index < -0.39 is 83.3 Å². The molecular formula is C37H61N5O11. The normalized spacial score (nSPS) is 23.8. The molecular weight excluding hydrogens is 690 g/mol. The van der Waals surface area contributed by atoms with E-state index in [0.717, 1.165) is 0 Å². The van der Waals surface area contributed by atoms with Crippen molar-refractivity contribution in [2.75, 3.05) is 39.3 Å². The Morgan fingerprint density at radius 2 is 0.679 bits per heavy atom. The van der Waals surface area contributed by atoms with Crippen molar-refractivity contribution in [3.63, 3.8) is 0 Å². The fourth-order valence-corrected chi connectivity index (χ4v) is 8.55. The number of aliphatic carboxylic acids is 1. The second kappa shape index (κ2) is 15.8. The smallest absolute Gasteiger partial charge is 0.339 e. The molecule has 0 aliphatic carbocycles. The summed E-state index contributed by atoms with van der Waals surface area (Å²) in [4.78, 5) is 110. The Labute approximate surface area is 313 Å². The maximum atomic E-state index is 13.6. The van der Waals surface area contributed by atoms with E-state index in [4.69, 9.17) is 14.5 Å². The molecule has 16 nitrogen and oxygen atoms in total. The zero-order chi connectivity index (χ0) is 40.5. The third-order valence-electron chi connectivity index (χ3n) is 9.81. The molecule has 0 unspecified atom stereocenters. The molecule has 53 heavy (non-hydrogen) atoms. The van der Waals surface area contributed by atoms with E-state index in [1.54, 1.807) is 83.1 Å². The minimum Gasteiger partial charge on any atom is -0.480 e. The molecule has 3 saturated heterocycles. The number of hydroxylamine groups is 6. The molecule has 3 rings (SSSR count). The van der Waals surface area contributed by atoms with Gasteiger partial charge in [0.2, 0.25) is 0 Å². The molecule has 0 aromatic rings. The highest BCUT2D eigenvalue weighted by molar-refractivity contribution is 5.83. The number of carbonyl (C=O) groups is 7. The summed E-state index contributed by atoms with van der Waals surface area (Å²) in [7, 11) is 0. The van der Waals surface area contributed by atoms with E-state index in [-0.39, 0.29) is 69.0 Å². The van der Waals surface area contributed by atoms with Crippen LogP contribution in [-0.2, 0) is 48.1 Å². The molecule has 300 valence electrons. The number of Topliss-reactive ketones (excluding diaryl/α,β-unsaturated/α-hetero) is 3. The molecule has 0 saturated carbocycles. The minimum absolute atomic E-state index is 0.0405. The predicted molar refractivity (Wildman–Crippen MR) is 192 cm³/mol. The Hall–Kier alpha value is -3.31. The van der Waals surface area contributed by atoms with E-state index in [1.165, 1.54) is 25.0 Å². The van der Waals surface area contributed by atoms with Gasteiger partial charge in [-0.1, -0.05) is 0 Å². The number of nitrogens with zero attached hydrogens (tertiary/aromatic N) is 5. The van der Waals surface area contributed by atoms with E-state index in [1.807, 2.05) is 0 Å². The first-order chi connectivity index (χ1) is 24.0. The van der Waals surface area contributed by atoms with E-state index in [0.29, 0.717) is 0 Å². The van der Waals surface area contributed by atoms with Crippen molar-refractivity contribution in [3.05, 3.63) is 0 Å². The van der Waals surface area contributed by atoms with Gasteiger partial charge < -0.3 is 19.6 Å². The number of hydrogen-bond donors (Lipinski definition) is 1. The summed E-state index contributed by atoms with van der Waals surface area (Å²) in [5, 5.41) is 14.2. The molecule has 0 bridgehead atoms. The first-order valence-corrected chi connectivity index (χ1v) is 18.2. The Balaban J connectivity index is 1.81. The monoisotopic (exact) mass is 751 g/mol. The number of ketones is 3. The van der Waals surface area contributed by atoms with Crippen molar-refractivity contribution in [1.82, 2.24) is 25.0 Å². The summed E-state index contributed by atoms with van der Waals surface area (Å²) >= 11 is 0. The lowest BCUT2D eigenvalue weighted by Gasteiger charge is -2.49. The second-order valence-corrected chi connectivity index (χ2v) is 18.6. The standard InChI is InChI=1S/C37H61N5O11/c1-32(2)15-25(43)16-33(3,4)40(32)51-29(48)22-38(21-28(46)47)13-14-39(23-30(49)52-41-34(5,6)17-26(44)18-35(41,7)8)24-31(50)53-42-36(9,10)19-27(45)20-37(42,11)12/h13-24H2,1-12H3,(H,46,47). The van der Waals surface area contributed by atoms with Crippen molar-refractivity contribution in [2.45, 2.75) is 155 Å². The fraction of sp³-hybridized carbons (Fsp3) is 0.811. The number of rotatable bonds is 14. The van der Waals surface area contributed by atoms with Crippen LogP contribution in [0.4, 0.5) is 0 Å². The third kappa shape index (κ3) is 11.6. The van der Waals surface area contributed by atoms with Crippen LogP contribution in [0.5, 0.6) is 0 Å². The molecule has 3 fully saturated rings. The predicted octanol–water partition coefficient (Wildman–Crippen LogP) is 2.72. The molecule has 3 aliphatic heterocycles. The van der Waals surface area contributed by atoms with Crippen LogP contribution in [0.3, 0.4) is 0 Å². The molecule has 3 aliphatic rings. The SMILES string of the molecule is CC1(C)CC(=O)CC(C)(C)N1OC(=O)CN(CCN(CC(=O)ON1C(C)(C)CC(=O)CC1(C)C)CC(=O)ON1C(C)(C)CC(=O)CC1(C)C)CC(=O)O. The average Bonchev–Trinajstić information content (AvgIpc) is 2.91. The summed E-state index contributed by atoms with van der Waals surface area (Å²) in [5.74, 6) is -3.25. The van der Waals surface area contributed by atoms with Crippen molar-refractivity contribution in [2.24, 2.45) is 0 Å². The van der Waals surface area contributed by atoms with Crippen molar-refractivity contribution < 1.29 is 53.2 Å². The van der Waals surface area contributed by atoms with Gasteiger partial charge in [0, 0.05) is 51.6 Å². The molecule has 0 aromatic carbocycles. The topological polar surface area (TPSA) is 184 Å². The van der Waals surface area contributed by atoms with Crippen LogP contribution in [0.25, 0.3) is 0 Å². The van der Waals surface area contributed by atoms with Crippen molar-refractivity contribution in [1.29, 1.82) is 0 Å². The minimum atomic E-state index is -1.21. The Morgan fingerprint density at radius 3 is 0.887 bits per heavy atom. The summed E-state index contributed by atoms with van der Waals surface area (Å²) in [6, 6.07) is 0. The first-order valence-electron chi connectivity index (χ1n) is 18.2. The van der Waals surface area contributed by atoms with Gasteiger partial charge in [0.05, 0.1) is 59.4 Å². The second-order valence-electron chi connectivity index (χ2n) is 18.6. The Bertz CT molecular complexity index is 1340. The van der Waals surface area contributed by atoms with Gasteiger partial charge in [-0.25, -0.2) is 14.4 Å². The largest absolute Gasteiger partial charge is 0.480 e. The molecule has 0 atom stereocenters. The van der Waals surface area contributed by atoms with Gasteiger partial charge in [-0.3, -0.25) is 29.0 Å². The van der Waals surface area contributed by atoms with Crippen molar-refractivity contribution >= 4 is 41.2 Å². The Morgan fingerprint density at radius 1 is 0.472 bits per heavy atom. The number of piperidine rings is 3. The highest BCUT2D eigenvalue weighted by Gasteiger charge is 2.50.